The monoisotopic (exact) mass is 345 g/mol. The van der Waals surface area contributed by atoms with E-state index in [9.17, 15) is 10.1 Å². The molecule has 0 spiro atoms. The fourth-order valence-electron chi connectivity index (χ4n) is 2.29. The van der Waals surface area contributed by atoms with Gasteiger partial charge < -0.3 is 10.3 Å². The quantitative estimate of drug-likeness (QED) is 0.542. The molecule has 21 heavy (non-hydrogen) atoms. The van der Waals surface area contributed by atoms with Crippen molar-refractivity contribution in [1.82, 2.24) is 4.98 Å². The van der Waals surface area contributed by atoms with Crippen molar-refractivity contribution in [3.8, 4) is 0 Å². The van der Waals surface area contributed by atoms with Crippen LogP contribution >= 0.6 is 15.9 Å². The molecule has 0 aliphatic rings. The van der Waals surface area contributed by atoms with Crippen LogP contribution < -0.4 is 5.32 Å². The predicted octanol–water partition coefficient (Wildman–Crippen LogP) is 4.45. The number of anilines is 1. The number of nitro groups is 1. The number of para-hydroxylation sites is 1. The molecule has 3 rings (SSSR count). The van der Waals surface area contributed by atoms with Crippen LogP contribution in [-0.4, -0.2) is 9.91 Å². The Kier molecular flexibility index (Phi) is 3.62. The van der Waals surface area contributed by atoms with Gasteiger partial charge in [-0.1, -0.05) is 34.1 Å². The summed E-state index contributed by atoms with van der Waals surface area (Å²) < 4.78 is 0.686. The summed E-state index contributed by atoms with van der Waals surface area (Å²) in [7, 11) is 0. The number of benzene rings is 2. The van der Waals surface area contributed by atoms with Gasteiger partial charge in [-0.2, -0.15) is 0 Å². The van der Waals surface area contributed by atoms with Crippen molar-refractivity contribution in [2.75, 3.05) is 5.32 Å². The third-order valence-electron chi connectivity index (χ3n) is 3.30. The molecule has 0 saturated heterocycles. The van der Waals surface area contributed by atoms with Gasteiger partial charge in [-0.3, -0.25) is 10.1 Å². The third kappa shape index (κ3) is 2.75. The van der Waals surface area contributed by atoms with E-state index in [0.29, 0.717) is 16.7 Å². The lowest BCUT2D eigenvalue weighted by molar-refractivity contribution is -0.384. The highest BCUT2D eigenvalue weighted by Gasteiger charge is 2.14. The number of nitro benzene ring substituents is 1. The first kappa shape index (κ1) is 13.6. The maximum absolute atomic E-state index is 11.1. The molecular formula is C15H12BrN3O2. The Bertz CT molecular complexity index is 814. The smallest absolute Gasteiger partial charge is 0.293 e. The number of fused-ring (bicyclic) bond motifs is 1. The summed E-state index contributed by atoms with van der Waals surface area (Å²) in [5.74, 6) is 0. The van der Waals surface area contributed by atoms with Crippen LogP contribution in [0.2, 0.25) is 0 Å². The van der Waals surface area contributed by atoms with Gasteiger partial charge in [0.15, 0.2) is 0 Å². The molecule has 0 atom stereocenters. The minimum atomic E-state index is -0.387. The zero-order chi connectivity index (χ0) is 14.8. The Balaban J connectivity index is 1.88. The Morgan fingerprint density at radius 1 is 1.24 bits per heavy atom. The van der Waals surface area contributed by atoms with E-state index in [1.165, 1.54) is 6.07 Å². The Labute approximate surface area is 129 Å². The maximum Gasteiger partial charge on any atom is 0.293 e. The summed E-state index contributed by atoms with van der Waals surface area (Å²) in [6.45, 7) is 0.514. The third-order valence-corrected chi connectivity index (χ3v) is 3.79. The highest BCUT2D eigenvalue weighted by molar-refractivity contribution is 9.10. The lowest BCUT2D eigenvalue weighted by atomic mass is 10.1. The first-order valence-corrected chi connectivity index (χ1v) is 7.17. The molecule has 1 aromatic heterocycles. The van der Waals surface area contributed by atoms with Crippen LogP contribution in [0.25, 0.3) is 10.9 Å². The summed E-state index contributed by atoms with van der Waals surface area (Å²) >= 11 is 3.25. The summed E-state index contributed by atoms with van der Waals surface area (Å²) in [6, 6.07) is 13.0. The largest absolute Gasteiger partial charge is 0.375 e. The highest BCUT2D eigenvalue weighted by atomic mass is 79.9. The van der Waals surface area contributed by atoms with Crippen molar-refractivity contribution in [3.05, 3.63) is 68.8 Å². The fourth-order valence-corrected chi connectivity index (χ4v) is 2.64. The molecule has 2 N–H and O–H groups in total. The van der Waals surface area contributed by atoms with Gasteiger partial charge in [0.25, 0.3) is 5.69 Å². The predicted molar refractivity (Wildman–Crippen MR) is 86.4 cm³/mol. The number of nitrogens with one attached hydrogen (secondary N) is 2. The molecule has 0 fully saturated rings. The molecule has 0 aliphatic carbocycles. The number of H-pyrrole nitrogens is 1. The zero-order valence-electron chi connectivity index (χ0n) is 11.0. The lowest BCUT2D eigenvalue weighted by Gasteiger charge is -2.08. The van der Waals surface area contributed by atoms with E-state index in [-0.39, 0.29) is 10.6 Å². The Hall–Kier alpha value is -2.34. The van der Waals surface area contributed by atoms with Gasteiger partial charge in [-0.15, -0.1) is 0 Å². The molecule has 0 amide bonds. The fraction of sp³-hybridized carbons (Fsp3) is 0.0667. The molecule has 1 heterocycles. The Morgan fingerprint density at radius 2 is 2.10 bits per heavy atom. The molecule has 0 saturated carbocycles. The van der Waals surface area contributed by atoms with Gasteiger partial charge in [-0.05, 0) is 29.1 Å². The van der Waals surface area contributed by atoms with Gasteiger partial charge in [0.1, 0.15) is 5.69 Å². The first-order valence-electron chi connectivity index (χ1n) is 6.38. The summed E-state index contributed by atoms with van der Waals surface area (Å²) in [6.07, 6.45) is 1.89. The van der Waals surface area contributed by atoms with Gasteiger partial charge >= 0.3 is 0 Å². The second-order valence-electron chi connectivity index (χ2n) is 4.63. The lowest BCUT2D eigenvalue weighted by Crippen LogP contribution is -2.03. The number of aromatic amines is 1. The van der Waals surface area contributed by atoms with E-state index < -0.39 is 0 Å². The van der Waals surface area contributed by atoms with Crippen LogP contribution in [0.4, 0.5) is 11.4 Å². The number of halogens is 1. The van der Waals surface area contributed by atoms with Crippen molar-refractivity contribution < 1.29 is 4.92 Å². The molecule has 0 radical (unpaired) electrons. The number of rotatable bonds is 4. The number of hydrogen-bond acceptors (Lipinski definition) is 3. The standard InChI is InChI=1S/C15H12BrN3O2/c16-12-4-5-13(14(8-12)19(20)21)18-9-11-3-1-2-10-6-7-17-15(10)11/h1-8,17-18H,9H2. The molecule has 6 heteroatoms. The van der Waals surface area contributed by atoms with E-state index in [4.69, 9.17) is 0 Å². The molecule has 2 aromatic carbocycles. The molecule has 0 bridgehead atoms. The summed E-state index contributed by atoms with van der Waals surface area (Å²) in [5.41, 5.74) is 2.68. The maximum atomic E-state index is 11.1. The number of hydrogen-bond donors (Lipinski definition) is 2. The molecule has 5 nitrogen and oxygen atoms in total. The van der Waals surface area contributed by atoms with E-state index in [1.54, 1.807) is 12.1 Å². The SMILES string of the molecule is O=[N+]([O-])c1cc(Br)ccc1NCc1cccc2cc[nH]c12. The molecule has 0 aliphatic heterocycles. The zero-order valence-corrected chi connectivity index (χ0v) is 12.6. The van der Waals surface area contributed by atoms with Gasteiger partial charge in [0.05, 0.1) is 10.4 Å². The molecule has 106 valence electrons. The van der Waals surface area contributed by atoms with Gasteiger partial charge in [-0.25, -0.2) is 0 Å². The minimum Gasteiger partial charge on any atom is -0.375 e. The van der Waals surface area contributed by atoms with Crippen LogP contribution in [0.3, 0.4) is 0 Å². The molecular weight excluding hydrogens is 334 g/mol. The van der Waals surface area contributed by atoms with Crippen LogP contribution in [0.5, 0.6) is 0 Å². The molecule has 0 unspecified atom stereocenters. The van der Waals surface area contributed by atoms with E-state index in [2.05, 4.69) is 26.2 Å². The van der Waals surface area contributed by atoms with Crippen LogP contribution in [0.15, 0.2) is 53.1 Å². The van der Waals surface area contributed by atoms with Crippen molar-refractivity contribution in [1.29, 1.82) is 0 Å². The highest BCUT2D eigenvalue weighted by Crippen LogP contribution is 2.29. The van der Waals surface area contributed by atoms with Gasteiger partial charge in [0, 0.05) is 23.3 Å². The molecule has 3 aromatic rings. The van der Waals surface area contributed by atoms with Crippen molar-refractivity contribution in [2.24, 2.45) is 0 Å². The van der Waals surface area contributed by atoms with Crippen molar-refractivity contribution in [3.63, 3.8) is 0 Å². The van der Waals surface area contributed by atoms with E-state index >= 15 is 0 Å². The van der Waals surface area contributed by atoms with E-state index in [0.717, 1.165) is 16.5 Å². The first-order chi connectivity index (χ1) is 10.1. The van der Waals surface area contributed by atoms with Crippen LogP contribution in [-0.2, 0) is 6.54 Å². The minimum absolute atomic E-state index is 0.0584. The second kappa shape index (κ2) is 5.57. The second-order valence-corrected chi connectivity index (χ2v) is 5.55. The van der Waals surface area contributed by atoms with E-state index in [1.807, 2.05) is 30.5 Å². The average Bonchev–Trinajstić information content (AvgIpc) is 2.94. The number of nitrogens with zero attached hydrogens (tertiary/aromatic N) is 1. The normalized spacial score (nSPS) is 10.7. The topological polar surface area (TPSA) is 71.0 Å². The summed E-state index contributed by atoms with van der Waals surface area (Å²) in [5, 5.41) is 15.4. The average molecular weight is 346 g/mol. The number of aromatic nitrogens is 1. The van der Waals surface area contributed by atoms with Crippen LogP contribution in [0.1, 0.15) is 5.56 Å². The summed E-state index contributed by atoms with van der Waals surface area (Å²) in [4.78, 5) is 13.9. The van der Waals surface area contributed by atoms with Crippen molar-refractivity contribution >= 4 is 38.2 Å². The van der Waals surface area contributed by atoms with Crippen molar-refractivity contribution in [2.45, 2.75) is 6.54 Å². The van der Waals surface area contributed by atoms with Crippen LogP contribution in [0, 0.1) is 10.1 Å². The Morgan fingerprint density at radius 3 is 2.90 bits per heavy atom. The van der Waals surface area contributed by atoms with Gasteiger partial charge in [0.2, 0.25) is 0 Å².